The Balaban J connectivity index is 1.92. The van der Waals surface area contributed by atoms with Gasteiger partial charge in [0, 0.05) is 18.7 Å². The summed E-state index contributed by atoms with van der Waals surface area (Å²) in [4.78, 5) is 14.6. The topological polar surface area (TPSA) is 50.8 Å². The molecule has 0 aliphatic rings. The molecule has 0 bridgehead atoms. The van der Waals surface area contributed by atoms with Gasteiger partial charge in [-0.1, -0.05) is 39.0 Å². The summed E-state index contributed by atoms with van der Waals surface area (Å²) in [5.74, 6) is 1.32. The molecule has 5 heteroatoms. The van der Waals surface area contributed by atoms with Crippen LogP contribution in [-0.4, -0.2) is 44.2 Å². The van der Waals surface area contributed by atoms with Gasteiger partial charge in [0.1, 0.15) is 6.61 Å². The van der Waals surface area contributed by atoms with Crippen LogP contribution in [0.3, 0.4) is 0 Å². The highest BCUT2D eigenvalue weighted by molar-refractivity contribution is 5.94. The molecule has 5 nitrogen and oxygen atoms in total. The fourth-order valence-corrected chi connectivity index (χ4v) is 2.94. The van der Waals surface area contributed by atoms with Crippen LogP contribution in [-0.2, 0) is 13.0 Å². The van der Waals surface area contributed by atoms with Crippen molar-refractivity contribution in [2.75, 3.05) is 33.4 Å². The minimum absolute atomic E-state index is 0.0823. The molecule has 0 atom stereocenters. The molecule has 1 N–H and O–H groups in total. The van der Waals surface area contributed by atoms with Crippen molar-refractivity contribution in [3.8, 4) is 11.5 Å². The standard InChI is InChI=1S/C23H32N2O3/c1-5-18-8-11-20(12-9-18)23(26)24-17-19-10-13-21(22(16-19)27-4)28-15-14-25(6-2)7-3/h8-13,16H,5-7,14-15,17H2,1-4H3,(H,24,26). The predicted molar refractivity (Wildman–Crippen MR) is 113 cm³/mol. The van der Waals surface area contributed by atoms with Gasteiger partial charge >= 0.3 is 0 Å². The first-order valence-corrected chi connectivity index (χ1v) is 10.00. The summed E-state index contributed by atoms with van der Waals surface area (Å²) in [6, 6.07) is 13.5. The highest BCUT2D eigenvalue weighted by Crippen LogP contribution is 2.28. The second-order valence-corrected chi connectivity index (χ2v) is 6.59. The number of nitrogens with zero attached hydrogens (tertiary/aromatic N) is 1. The Morgan fingerprint density at radius 2 is 1.64 bits per heavy atom. The minimum atomic E-state index is -0.0823. The number of likely N-dealkylation sites (N-methyl/N-ethyl adjacent to an activating group) is 1. The summed E-state index contributed by atoms with van der Waals surface area (Å²) < 4.78 is 11.3. The minimum Gasteiger partial charge on any atom is -0.493 e. The number of benzene rings is 2. The number of carbonyl (C=O) groups excluding carboxylic acids is 1. The van der Waals surface area contributed by atoms with Crippen LogP contribution in [0, 0.1) is 0 Å². The van der Waals surface area contributed by atoms with Gasteiger partial charge in [0.05, 0.1) is 7.11 Å². The summed E-state index contributed by atoms with van der Waals surface area (Å²) in [7, 11) is 1.63. The van der Waals surface area contributed by atoms with E-state index in [1.807, 2.05) is 42.5 Å². The number of methoxy groups -OCH3 is 1. The van der Waals surface area contributed by atoms with Crippen molar-refractivity contribution in [1.29, 1.82) is 0 Å². The molecule has 0 unspecified atom stereocenters. The third-order valence-electron chi connectivity index (χ3n) is 4.86. The Morgan fingerprint density at radius 3 is 2.25 bits per heavy atom. The van der Waals surface area contributed by atoms with Crippen LogP contribution in [0.5, 0.6) is 11.5 Å². The fourth-order valence-electron chi connectivity index (χ4n) is 2.94. The van der Waals surface area contributed by atoms with Gasteiger partial charge in [-0.05, 0) is 54.9 Å². The third kappa shape index (κ3) is 6.27. The Kier molecular flexibility index (Phi) is 8.82. The van der Waals surface area contributed by atoms with Crippen molar-refractivity contribution >= 4 is 5.91 Å². The molecule has 0 radical (unpaired) electrons. The molecule has 0 fully saturated rings. The molecule has 1 amide bonds. The molecule has 0 aromatic heterocycles. The van der Waals surface area contributed by atoms with E-state index in [0.717, 1.165) is 37.4 Å². The van der Waals surface area contributed by atoms with Crippen LogP contribution in [0.1, 0.15) is 42.3 Å². The van der Waals surface area contributed by atoms with Crippen molar-refractivity contribution in [1.82, 2.24) is 10.2 Å². The van der Waals surface area contributed by atoms with Crippen molar-refractivity contribution in [3.63, 3.8) is 0 Å². The number of rotatable bonds is 11. The molecule has 28 heavy (non-hydrogen) atoms. The Morgan fingerprint density at radius 1 is 0.964 bits per heavy atom. The molecule has 0 spiro atoms. The lowest BCUT2D eigenvalue weighted by Gasteiger charge is -2.19. The van der Waals surface area contributed by atoms with E-state index in [-0.39, 0.29) is 5.91 Å². The molecule has 2 aromatic rings. The summed E-state index contributed by atoms with van der Waals surface area (Å²) in [5, 5.41) is 2.95. The van der Waals surface area contributed by atoms with Gasteiger partial charge < -0.3 is 19.7 Å². The highest BCUT2D eigenvalue weighted by atomic mass is 16.5. The van der Waals surface area contributed by atoms with Gasteiger partial charge in [0.15, 0.2) is 11.5 Å². The van der Waals surface area contributed by atoms with E-state index in [4.69, 9.17) is 9.47 Å². The van der Waals surface area contributed by atoms with E-state index in [1.165, 1.54) is 5.56 Å². The second-order valence-electron chi connectivity index (χ2n) is 6.59. The van der Waals surface area contributed by atoms with Gasteiger partial charge in [-0.25, -0.2) is 0 Å². The average Bonchev–Trinajstić information content (AvgIpc) is 2.75. The van der Waals surface area contributed by atoms with E-state index in [2.05, 4.69) is 31.0 Å². The van der Waals surface area contributed by atoms with Crippen molar-refractivity contribution in [2.45, 2.75) is 33.7 Å². The number of amides is 1. The zero-order valence-electron chi connectivity index (χ0n) is 17.5. The van der Waals surface area contributed by atoms with Crippen LogP contribution >= 0.6 is 0 Å². The third-order valence-corrected chi connectivity index (χ3v) is 4.86. The monoisotopic (exact) mass is 384 g/mol. The van der Waals surface area contributed by atoms with Gasteiger partial charge in [-0.15, -0.1) is 0 Å². The first kappa shape index (κ1) is 21.8. The van der Waals surface area contributed by atoms with Gasteiger partial charge in [0.2, 0.25) is 0 Å². The van der Waals surface area contributed by atoms with E-state index in [1.54, 1.807) is 7.11 Å². The Hall–Kier alpha value is -2.53. The summed E-state index contributed by atoms with van der Waals surface area (Å²) in [6.07, 6.45) is 0.963. The largest absolute Gasteiger partial charge is 0.493 e. The molecular formula is C23H32N2O3. The number of hydrogen-bond donors (Lipinski definition) is 1. The molecular weight excluding hydrogens is 352 g/mol. The Labute approximate surface area is 168 Å². The lowest BCUT2D eigenvalue weighted by molar-refractivity contribution is 0.0951. The lowest BCUT2D eigenvalue weighted by Crippen LogP contribution is -2.28. The molecule has 0 heterocycles. The summed E-state index contributed by atoms with van der Waals surface area (Å²) in [5.41, 5.74) is 2.85. The lowest BCUT2D eigenvalue weighted by atomic mass is 10.1. The average molecular weight is 385 g/mol. The number of carbonyl (C=O) groups is 1. The SMILES string of the molecule is CCc1ccc(C(=O)NCc2ccc(OCCN(CC)CC)c(OC)c2)cc1. The van der Waals surface area contributed by atoms with Crippen molar-refractivity contribution in [3.05, 3.63) is 59.2 Å². The number of nitrogens with one attached hydrogen (secondary N) is 1. The fraction of sp³-hybridized carbons (Fsp3) is 0.435. The Bertz CT molecular complexity index is 740. The molecule has 0 saturated heterocycles. The zero-order valence-corrected chi connectivity index (χ0v) is 17.5. The first-order chi connectivity index (χ1) is 13.6. The second kappa shape index (κ2) is 11.3. The number of hydrogen-bond acceptors (Lipinski definition) is 4. The number of aryl methyl sites for hydroxylation is 1. The maximum Gasteiger partial charge on any atom is 0.251 e. The van der Waals surface area contributed by atoms with Crippen molar-refractivity contribution < 1.29 is 14.3 Å². The van der Waals surface area contributed by atoms with Crippen LogP contribution in [0.4, 0.5) is 0 Å². The first-order valence-electron chi connectivity index (χ1n) is 10.00. The highest BCUT2D eigenvalue weighted by Gasteiger charge is 2.09. The van der Waals surface area contributed by atoms with Gasteiger partial charge in [0.25, 0.3) is 5.91 Å². The summed E-state index contributed by atoms with van der Waals surface area (Å²) in [6.45, 7) is 10.3. The molecule has 0 aliphatic carbocycles. The maximum absolute atomic E-state index is 12.3. The van der Waals surface area contributed by atoms with E-state index in [9.17, 15) is 4.79 Å². The molecule has 0 aliphatic heterocycles. The van der Waals surface area contributed by atoms with Crippen LogP contribution < -0.4 is 14.8 Å². The maximum atomic E-state index is 12.3. The molecule has 2 aromatic carbocycles. The van der Waals surface area contributed by atoms with Crippen LogP contribution in [0.25, 0.3) is 0 Å². The van der Waals surface area contributed by atoms with E-state index in [0.29, 0.717) is 24.5 Å². The quantitative estimate of drug-likeness (QED) is 0.638. The smallest absolute Gasteiger partial charge is 0.251 e. The van der Waals surface area contributed by atoms with Crippen LogP contribution in [0.15, 0.2) is 42.5 Å². The number of ether oxygens (including phenoxy) is 2. The van der Waals surface area contributed by atoms with E-state index >= 15 is 0 Å². The van der Waals surface area contributed by atoms with Gasteiger partial charge in [-0.2, -0.15) is 0 Å². The zero-order chi connectivity index (χ0) is 20.4. The van der Waals surface area contributed by atoms with Crippen LogP contribution in [0.2, 0.25) is 0 Å². The summed E-state index contributed by atoms with van der Waals surface area (Å²) >= 11 is 0. The van der Waals surface area contributed by atoms with Crippen molar-refractivity contribution in [2.24, 2.45) is 0 Å². The van der Waals surface area contributed by atoms with E-state index < -0.39 is 0 Å². The van der Waals surface area contributed by atoms with Gasteiger partial charge in [-0.3, -0.25) is 4.79 Å². The molecule has 0 saturated carbocycles. The normalized spacial score (nSPS) is 10.8. The molecule has 2 rings (SSSR count). The predicted octanol–water partition coefficient (Wildman–Crippen LogP) is 3.91. The molecule has 152 valence electrons.